The molecule has 4 aromatic rings. The van der Waals surface area contributed by atoms with Crippen molar-refractivity contribution in [2.45, 2.75) is 25.7 Å². The number of allylic oxidation sites excluding steroid dienone is 4. The summed E-state index contributed by atoms with van der Waals surface area (Å²) in [4.78, 5) is 0. The van der Waals surface area contributed by atoms with Gasteiger partial charge >= 0.3 is 0 Å². The van der Waals surface area contributed by atoms with Crippen LogP contribution >= 0.6 is 0 Å². The molecule has 2 aliphatic carbocycles. The van der Waals surface area contributed by atoms with E-state index in [2.05, 4.69) is 90.3 Å². The highest BCUT2D eigenvalue weighted by atomic mass is 14.9. The van der Waals surface area contributed by atoms with Crippen molar-refractivity contribution in [2.24, 2.45) is 0 Å². The van der Waals surface area contributed by atoms with E-state index in [1.54, 1.807) is 5.57 Å². The van der Waals surface area contributed by atoms with Crippen LogP contribution in [0.2, 0.25) is 0 Å². The van der Waals surface area contributed by atoms with E-state index in [4.69, 9.17) is 0 Å². The Morgan fingerprint density at radius 2 is 1.62 bits per heavy atom. The lowest BCUT2D eigenvalue weighted by atomic mass is 9.79. The molecule has 0 spiro atoms. The van der Waals surface area contributed by atoms with E-state index in [1.165, 1.54) is 63.2 Å². The number of nitrogens with one attached hydrogen (secondary N) is 1. The smallest absolute Gasteiger partial charge is 0.0464 e. The van der Waals surface area contributed by atoms with Gasteiger partial charge in [0.25, 0.3) is 0 Å². The molecular formula is C28H23N. The Labute approximate surface area is 171 Å². The normalized spacial score (nSPS) is 15.4. The third-order valence-corrected chi connectivity index (χ3v) is 6.45. The molecule has 0 aromatic heterocycles. The minimum Gasteiger partial charge on any atom is -0.355 e. The third kappa shape index (κ3) is 2.77. The minimum atomic E-state index is 1.13. The lowest BCUT2D eigenvalue weighted by molar-refractivity contribution is 0.831. The van der Waals surface area contributed by atoms with Gasteiger partial charge in [-0.05, 0) is 76.7 Å². The molecule has 4 aromatic carbocycles. The molecule has 29 heavy (non-hydrogen) atoms. The molecular weight excluding hydrogens is 350 g/mol. The van der Waals surface area contributed by atoms with E-state index in [0.29, 0.717) is 0 Å². The topological polar surface area (TPSA) is 12.0 Å². The van der Waals surface area contributed by atoms with Gasteiger partial charge in [-0.15, -0.1) is 0 Å². The Hall–Kier alpha value is -3.32. The molecule has 0 heterocycles. The van der Waals surface area contributed by atoms with Gasteiger partial charge in [0, 0.05) is 16.8 Å². The molecule has 1 heteroatoms. The fraction of sp³-hybridized carbons (Fsp3) is 0.143. The molecule has 6 rings (SSSR count). The molecule has 1 nitrogen and oxygen atoms in total. The molecule has 0 atom stereocenters. The van der Waals surface area contributed by atoms with Gasteiger partial charge < -0.3 is 5.32 Å². The monoisotopic (exact) mass is 373 g/mol. The fourth-order valence-electron chi connectivity index (χ4n) is 5.00. The highest BCUT2D eigenvalue weighted by molar-refractivity contribution is 6.01. The van der Waals surface area contributed by atoms with Crippen LogP contribution in [0.25, 0.3) is 27.1 Å². The maximum absolute atomic E-state index is 3.68. The number of rotatable bonds is 2. The Morgan fingerprint density at radius 1 is 0.690 bits per heavy atom. The lowest BCUT2D eigenvalue weighted by Crippen LogP contribution is -2.07. The second-order valence-electron chi connectivity index (χ2n) is 8.14. The highest BCUT2D eigenvalue weighted by Gasteiger charge is 2.21. The van der Waals surface area contributed by atoms with E-state index in [0.717, 1.165) is 12.1 Å². The second-order valence-corrected chi connectivity index (χ2v) is 8.14. The van der Waals surface area contributed by atoms with Gasteiger partial charge in [-0.1, -0.05) is 72.3 Å². The average molecular weight is 373 g/mol. The maximum Gasteiger partial charge on any atom is 0.0464 e. The van der Waals surface area contributed by atoms with Crippen molar-refractivity contribution in [1.29, 1.82) is 0 Å². The first-order valence-electron chi connectivity index (χ1n) is 10.6. The lowest BCUT2D eigenvalue weighted by Gasteiger charge is -2.26. The Morgan fingerprint density at radius 3 is 2.59 bits per heavy atom. The van der Waals surface area contributed by atoms with Crippen LogP contribution in [-0.2, 0) is 6.42 Å². The number of benzene rings is 4. The Balaban J connectivity index is 1.45. The van der Waals surface area contributed by atoms with E-state index < -0.39 is 0 Å². The van der Waals surface area contributed by atoms with E-state index in [9.17, 15) is 0 Å². The summed E-state index contributed by atoms with van der Waals surface area (Å²) in [5.74, 6) is 0. The van der Waals surface area contributed by atoms with Gasteiger partial charge in [-0.25, -0.2) is 0 Å². The average Bonchev–Trinajstić information content (AvgIpc) is 2.79. The zero-order valence-electron chi connectivity index (χ0n) is 16.4. The molecule has 0 saturated heterocycles. The maximum atomic E-state index is 3.68. The first kappa shape index (κ1) is 16.6. The van der Waals surface area contributed by atoms with E-state index >= 15 is 0 Å². The summed E-state index contributed by atoms with van der Waals surface area (Å²) in [5, 5.41) is 8.91. The Kier molecular flexibility index (Phi) is 3.80. The number of fused-ring (bicyclic) bond motifs is 5. The van der Waals surface area contributed by atoms with Crippen molar-refractivity contribution < 1.29 is 0 Å². The van der Waals surface area contributed by atoms with Gasteiger partial charge in [-0.2, -0.15) is 0 Å². The van der Waals surface area contributed by atoms with E-state index in [-0.39, 0.29) is 0 Å². The van der Waals surface area contributed by atoms with Crippen molar-refractivity contribution in [3.8, 4) is 0 Å². The van der Waals surface area contributed by atoms with Gasteiger partial charge in [0.1, 0.15) is 0 Å². The second kappa shape index (κ2) is 6.63. The van der Waals surface area contributed by atoms with Crippen LogP contribution in [0.15, 0.2) is 90.5 Å². The van der Waals surface area contributed by atoms with Crippen molar-refractivity contribution in [3.05, 3.63) is 102 Å². The quantitative estimate of drug-likeness (QED) is 0.378. The summed E-state index contributed by atoms with van der Waals surface area (Å²) in [6.45, 7) is 0. The first-order chi connectivity index (χ1) is 14.4. The number of aryl methyl sites for hydroxylation is 1. The van der Waals surface area contributed by atoms with Gasteiger partial charge in [0.05, 0.1) is 0 Å². The zero-order chi connectivity index (χ0) is 19.2. The summed E-state index contributed by atoms with van der Waals surface area (Å²) < 4.78 is 0. The van der Waals surface area contributed by atoms with Crippen molar-refractivity contribution in [2.75, 3.05) is 5.32 Å². The van der Waals surface area contributed by atoms with Crippen LogP contribution in [-0.4, -0.2) is 0 Å². The SMILES string of the molecule is C1=CC2=C(CC1)CCc1c2ccc2c(Nc3ccc4ccccc4c3)cccc12. The van der Waals surface area contributed by atoms with E-state index in [1.807, 2.05) is 0 Å². The fourth-order valence-corrected chi connectivity index (χ4v) is 5.00. The van der Waals surface area contributed by atoms with Gasteiger partial charge in [-0.3, -0.25) is 0 Å². The molecule has 2 aliphatic rings. The number of hydrogen-bond acceptors (Lipinski definition) is 1. The first-order valence-corrected chi connectivity index (χ1v) is 10.6. The van der Waals surface area contributed by atoms with Crippen molar-refractivity contribution >= 4 is 38.5 Å². The van der Waals surface area contributed by atoms with Crippen LogP contribution in [0.4, 0.5) is 11.4 Å². The highest BCUT2D eigenvalue weighted by Crippen LogP contribution is 2.41. The number of hydrogen-bond donors (Lipinski definition) is 1. The largest absolute Gasteiger partial charge is 0.355 e. The van der Waals surface area contributed by atoms with Crippen LogP contribution in [0.5, 0.6) is 0 Å². The zero-order valence-corrected chi connectivity index (χ0v) is 16.4. The minimum absolute atomic E-state index is 1.13. The summed E-state index contributed by atoms with van der Waals surface area (Å²) >= 11 is 0. The molecule has 0 unspecified atom stereocenters. The van der Waals surface area contributed by atoms with Crippen LogP contribution in [0.1, 0.15) is 30.4 Å². The Bertz CT molecular complexity index is 1320. The summed E-state index contributed by atoms with van der Waals surface area (Å²) in [6.07, 6.45) is 9.46. The molecule has 1 N–H and O–H groups in total. The summed E-state index contributed by atoms with van der Waals surface area (Å²) in [6, 6.07) is 26.4. The standard InChI is InChI=1S/C28H23N/c1-2-8-21-18-22(14-12-19(21)6-1)29-28-11-5-10-24-26-15-13-20-7-3-4-9-23(20)25(26)16-17-27(24)28/h1-2,4-6,8-12,14,16-18,29H,3,7,13,15H2. The number of anilines is 2. The third-order valence-electron chi connectivity index (χ3n) is 6.45. The molecule has 0 radical (unpaired) electrons. The van der Waals surface area contributed by atoms with Crippen LogP contribution in [0, 0.1) is 0 Å². The molecule has 0 fully saturated rings. The van der Waals surface area contributed by atoms with Crippen LogP contribution < -0.4 is 5.32 Å². The summed E-state index contributed by atoms with van der Waals surface area (Å²) in [5.41, 5.74) is 8.39. The molecule has 140 valence electrons. The predicted molar refractivity (Wildman–Crippen MR) is 125 cm³/mol. The van der Waals surface area contributed by atoms with Crippen LogP contribution in [0.3, 0.4) is 0 Å². The molecule has 0 aliphatic heterocycles. The van der Waals surface area contributed by atoms with Gasteiger partial charge in [0.15, 0.2) is 0 Å². The van der Waals surface area contributed by atoms with Crippen molar-refractivity contribution in [1.82, 2.24) is 0 Å². The molecule has 0 bridgehead atoms. The summed E-state index contributed by atoms with van der Waals surface area (Å²) in [7, 11) is 0. The molecule has 0 saturated carbocycles. The predicted octanol–water partition coefficient (Wildman–Crippen LogP) is 7.79. The van der Waals surface area contributed by atoms with Crippen molar-refractivity contribution in [3.63, 3.8) is 0 Å². The molecule has 0 amide bonds. The van der Waals surface area contributed by atoms with Gasteiger partial charge in [0.2, 0.25) is 0 Å².